The van der Waals surface area contributed by atoms with Crippen LogP contribution in [-0.2, 0) is 37.3 Å². The van der Waals surface area contributed by atoms with Crippen LogP contribution in [0, 0.1) is 6.07 Å². The monoisotopic (exact) mass is 811 g/mol. The summed E-state index contributed by atoms with van der Waals surface area (Å²) in [5.74, 6) is 1.02. The Morgan fingerprint density at radius 2 is 1.44 bits per heavy atom. The number of fused-ring (bicyclic) bond motifs is 3. The van der Waals surface area contributed by atoms with Gasteiger partial charge in [0.25, 0.3) is 0 Å². The van der Waals surface area contributed by atoms with E-state index in [9.17, 15) is 5.11 Å². The summed E-state index contributed by atoms with van der Waals surface area (Å²) in [6.07, 6.45) is 1.91. The zero-order valence-electron chi connectivity index (χ0n) is 28.9. The van der Waals surface area contributed by atoms with Crippen LogP contribution in [0.2, 0.25) is 0 Å². The van der Waals surface area contributed by atoms with Crippen LogP contribution in [0.15, 0.2) is 103 Å². The summed E-state index contributed by atoms with van der Waals surface area (Å²) in [5.41, 5.74) is 11.1. The van der Waals surface area contributed by atoms with Crippen molar-refractivity contribution in [2.75, 3.05) is 4.90 Å². The zero-order valence-corrected chi connectivity index (χ0v) is 31.2. The molecule has 0 amide bonds. The van der Waals surface area contributed by atoms with E-state index in [1.807, 2.05) is 18.3 Å². The first-order valence-corrected chi connectivity index (χ1v) is 16.4. The molecule has 6 aromatic rings. The van der Waals surface area contributed by atoms with Crippen LogP contribution in [0.5, 0.6) is 5.75 Å². The van der Waals surface area contributed by atoms with E-state index in [0.29, 0.717) is 5.52 Å². The maximum absolute atomic E-state index is 11.0. The van der Waals surface area contributed by atoms with E-state index >= 15 is 0 Å². The quantitative estimate of drug-likeness (QED) is 0.181. The van der Waals surface area contributed by atoms with Crippen molar-refractivity contribution >= 4 is 28.1 Å². The van der Waals surface area contributed by atoms with Crippen molar-refractivity contribution in [3.8, 4) is 28.1 Å². The van der Waals surface area contributed by atoms with Gasteiger partial charge in [0.05, 0.1) is 0 Å². The molecule has 0 bridgehead atoms. The fourth-order valence-electron chi connectivity index (χ4n) is 6.77. The number of anilines is 3. The van der Waals surface area contributed by atoms with Crippen LogP contribution in [0.1, 0.15) is 77.6 Å². The molecule has 2 aromatic heterocycles. The van der Waals surface area contributed by atoms with E-state index in [2.05, 4.69) is 145 Å². The van der Waals surface area contributed by atoms with Gasteiger partial charge in [0.2, 0.25) is 0 Å². The van der Waals surface area contributed by atoms with Crippen molar-refractivity contribution in [3.63, 3.8) is 0 Å². The van der Waals surface area contributed by atoms with Crippen molar-refractivity contribution in [2.24, 2.45) is 0 Å². The summed E-state index contributed by atoms with van der Waals surface area (Å²) in [6.45, 7) is 17.9. The smallest absolute Gasteiger partial charge is 0.140 e. The third kappa shape index (κ3) is 5.75. The van der Waals surface area contributed by atoms with Crippen LogP contribution in [0.3, 0.4) is 0 Å². The van der Waals surface area contributed by atoms with Gasteiger partial charge in [-0.25, -0.2) is 4.98 Å². The Morgan fingerprint density at radius 3 is 2.15 bits per heavy atom. The van der Waals surface area contributed by atoms with Gasteiger partial charge in [0.15, 0.2) is 0 Å². The first kappa shape index (κ1) is 33.6. The fraction of sp³-hybridized carbons (Fsp3) is 0.256. The maximum atomic E-state index is 11.0. The molecule has 0 atom stereocenters. The first-order chi connectivity index (χ1) is 22.2. The Kier molecular flexibility index (Phi) is 8.41. The van der Waals surface area contributed by atoms with Crippen molar-refractivity contribution in [1.82, 2.24) is 9.97 Å². The second-order valence-corrected chi connectivity index (χ2v) is 15.3. The van der Waals surface area contributed by atoms with Gasteiger partial charge in [-0.3, -0.25) is 4.98 Å². The summed E-state index contributed by atoms with van der Waals surface area (Å²) in [4.78, 5) is 12.2. The minimum absolute atomic E-state index is 0. The second kappa shape index (κ2) is 12.0. The summed E-state index contributed by atoms with van der Waals surface area (Å²) in [6, 6.07) is 37.5. The number of nitrogens with zero attached hydrogens (tertiary/aromatic N) is 3. The molecule has 1 aliphatic rings. The van der Waals surface area contributed by atoms with Gasteiger partial charge in [-0.15, -0.1) is 23.8 Å². The van der Waals surface area contributed by atoms with E-state index in [0.717, 1.165) is 45.0 Å². The summed E-state index contributed by atoms with van der Waals surface area (Å²) < 4.78 is 0. The number of pyridine rings is 2. The van der Waals surface area contributed by atoms with E-state index in [4.69, 9.17) is 9.97 Å². The SMILES string of the molecule is CC(C)(C)c1ccc(-c2ccc(O)c3nc(-c4[c-]c5c(cc4)C(C)(C)c4ccccc4N5c4cc(C(C)(C)C)ccn4)ccc23)cc1.[Pt]. The standard InChI is InChI=1S/C43H42N3O.Pt/c1-41(2,3)29-16-13-27(14-17-29)31-19-22-38(47)40-32(31)18-21-35(45-40)28-15-20-34-37(25-28)46(36-12-10-9-11-33(36)43(34,7)8)39-26-30(23-24-44-39)42(4,5)6;/h9-24,26,47H,1-8H3;/q-1;. The number of aromatic hydroxyl groups is 1. The summed E-state index contributed by atoms with van der Waals surface area (Å²) >= 11 is 0. The van der Waals surface area contributed by atoms with Crippen LogP contribution >= 0.6 is 0 Å². The van der Waals surface area contributed by atoms with Crippen LogP contribution < -0.4 is 4.90 Å². The van der Waals surface area contributed by atoms with Gasteiger partial charge in [0.1, 0.15) is 17.1 Å². The van der Waals surface area contributed by atoms with Gasteiger partial charge >= 0.3 is 0 Å². The molecule has 0 aliphatic carbocycles. The second-order valence-electron chi connectivity index (χ2n) is 15.3. The molecule has 48 heavy (non-hydrogen) atoms. The molecule has 0 radical (unpaired) electrons. The van der Waals surface area contributed by atoms with Crippen LogP contribution in [-0.4, -0.2) is 15.1 Å². The average Bonchev–Trinajstić information content (AvgIpc) is 3.04. The summed E-state index contributed by atoms with van der Waals surface area (Å²) in [5, 5.41) is 11.9. The molecule has 4 aromatic carbocycles. The van der Waals surface area contributed by atoms with Crippen molar-refractivity contribution < 1.29 is 26.2 Å². The number of aromatic nitrogens is 2. The number of rotatable bonds is 3. The number of phenolic OH excluding ortho intramolecular Hbond substituents is 1. The largest absolute Gasteiger partial charge is 0.506 e. The van der Waals surface area contributed by atoms with Gasteiger partial charge in [-0.1, -0.05) is 116 Å². The molecule has 0 saturated carbocycles. The van der Waals surface area contributed by atoms with Gasteiger partial charge < -0.3 is 10.0 Å². The predicted octanol–water partition coefficient (Wildman–Crippen LogP) is 11.2. The Morgan fingerprint density at radius 1 is 0.729 bits per heavy atom. The molecule has 0 saturated heterocycles. The van der Waals surface area contributed by atoms with E-state index in [1.165, 1.54) is 22.3 Å². The third-order valence-electron chi connectivity index (χ3n) is 9.65. The molecule has 4 nitrogen and oxygen atoms in total. The van der Waals surface area contributed by atoms with Crippen molar-refractivity contribution in [1.29, 1.82) is 0 Å². The molecular formula is C43H42N3OPt-. The Bertz CT molecular complexity index is 2150. The summed E-state index contributed by atoms with van der Waals surface area (Å²) in [7, 11) is 0. The Balaban J connectivity index is 0.00000401. The fourth-order valence-corrected chi connectivity index (χ4v) is 6.77. The Hall–Kier alpha value is -4.27. The molecule has 0 spiro atoms. The predicted molar refractivity (Wildman–Crippen MR) is 195 cm³/mol. The zero-order chi connectivity index (χ0) is 33.3. The topological polar surface area (TPSA) is 49.3 Å². The molecule has 0 unspecified atom stereocenters. The maximum Gasteiger partial charge on any atom is 0.140 e. The van der Waals surface area contributed by atoms with E-state index < -0.39 is 0 Å². The number of hydrogen-bond donors (Lipinski definition) is 1. The number of phenols is 1. The molecule has 1 aliphatic heterocycles. The van der Waals surface area contributed by atoms with E-state index in [-0.39, 0.29) is 43.1 Å². The molecule has 1 N–H and O–H groups in total. The number of para-hydroxylation sites is 1. The van der Waals surface area contributed by atoms with Crippen molar-refractivity contribution in [2.45, 2.75) is 71.6 Å². The molecular weight excluding hydrogens is 770 g/mol. The Labute approximate surface area is 299 Å². The molecule has 7 rings (SSSR count). The molecule has 0 fully saturated rings. The van der Waals surface area contributed by atoms with Gasteiger partial charge in [-0.2, -0.15) is 0 Å². The van der Waals surface area contributed by atoms with Gasteiger partial charge in [0, 0.05) is 38.3 Å². The normalized spacial score (nSPS) is 13.9. The molecule has 3 heterocycles. The molecule has 246 valence electrons. The van der Waals surface area contributed by atoms with Crippen LogP contribution in [0.25, 0.3) is 33.3 Å². The van der Waals surface area contributed by atoms with Crippen molar-refractivity contribution in [3.05, 3.63) is 132 Å². The third-order valence-corrected chi connectivity index (χ3v) is 9.65. The number of benzene rings is 4. The van der Waals surface area contributed by atoms with Gasteiger partial charge in [-0.05, 0) is 85.8 Å². The number of hydrogen-bond acceptors (Lipinski definition) is 4. The van der Waals surface area contributed by atoms with Crippen LogP contribution in [0.4, 0.5) is 17.2 Å². The minimum Gasteiger partial charge on any atom is -0.506 e. The first-order valence-electron chi connectivity index (χ1n) is 16.4. The molecule has 5 heteroatoms. The average molecular weight is 812 g/mol. The minimum atomic E-state index is -0.244. The van der Waals surface area contributed by atoms with E-state index in [1.54, 1.807) is 6.07 Å².